The summed E-state index contributed by atoms with van der Waals surface area (Å²) >= 11 is 7.32. The van der Waals surface area contributed by atoms with Gasteiger partial charge in [-0.2, -0.15) is 0 Å². The summed E-state index contributed by atoms with van der Waals surface area (Å²) in [5.74, 6) is -0.152. The van der Waals surface area contributed by atoms with E-state index in [9.17, 15) is 13.5 Å². The number of aliphatic hydroxyl groups is 1. The second-order valence-electron chi connectivity index (χ2n) is 5.44. The molecule has 126 valence electrons. The molecule has 0 amide bonds. The first-order chi connectivity index (χ1) is 11.4. The number of aliphatic hydroxyl groups excluding tert-OH is 1. The maximum Gasteiger partial charge on any atom is 0.215 e. The number of hydrogen-bond acceptors (Lipinski definition) is 4. The second kappa shape index (κ2) is 7.21. The minimum Gasteiger partial charge on any atom is -0.387 e. The topological polar surface area (TPSA) is 66.4 Å². The zero-order chi connectivity index (χ0) is 17.2. The average molecular weight is 382 g/mol. The van der Waals surface area contributed by atoms with Crippen molar-refractivity contribution >= 4 is 43.0 Å². The molecule has 1 heterocycles. The van der Waals surface area contributed by atoms with Gasteiger partial charge in [-0.05, 0) is 34.5 Å². The first-order valence-corrected chi connectivity index (χ1v) is 10.2. The molecule has 2 N–H and O–H groups in total. The van der Waals surface area contributed by atoms with Gasteiger partial charge in [0.25, 0.3) is 0 Å². The lowest BCUT2D eigenvalue weighted by Crippen LogP contribution is -2.29. The van der Waals surface area contributed by atoms with E-state index in [1.54, 1.807) is 24.3 Å². The van der Waals surface area contributed by atoms with Crippen LogP contribution < -0.4 is 4.72 Å². The van der Waals surface area contributed by atoms with Crippen LogP contribution in [0.2, 0.25) is 5.02 Å². The van der Waals surface area contributed by atoms with Crippen LogP contribution in [-0.2, 0) is 15.8 Å². The van der Waals surface area contributed by atoms with Gasteiger partial charge in [-0.1, -0.05) is 41.9 Å². The predicted octanol–water partition coefficient (Wildman–Crippen LogP) is 3.71. The number of benzene rings is 2. The molecule has 24 heavy (non-hydrogen) atoms. The maximum absolute atomic E-state index is 12.2. The van der Waals surface area contributed by atoms with Crippen molar-refractivity contribution in [2.24, 2.45) is 0 Å². The fourth-order valence-corrected chi connectivity index (χ4v) is 4.70. The van der Waals surface area contributed by atoms with E-state index in [0.717, 1.165) is 15.6 Å². The molecular formula is C17H16ClNO3S2. The smallest absolute Gasteiger partial charge is 0.215 e. The minimum absolute atomic E-state index is 0.0589. The molecule has 0 saturated carbocycles. The van der Waals surface area contributed by atoms with Crippen LogP contribution >= 0.6 is 22.9 Å². The van der Waals surface area contributed by atoms with E-state index in [4.69, 9.17) is 11.6 Å². The Morgan fingerprint density at radius 3 is 2.58 bits per heavy atom. The summed E-state index contributed by atoms with van der Waals surface area (Å²) in [6, 6.07) is 14.4. The normalized spacial score (nSPS) is 13.2. The Hall–Kier alpha value is -1.44. The molecule has 0 fully saturated rings. The van der Waals surface area contributed by atoms with Gasteiger partial charge < -0.3 is 5.11 Å². The molecule has 3 aromatic rings. The number of sulfonamides is 1. The largest absolute Gasteiger partial charge is 0.387 e. The lowest BCUT2D eigenvalue weighted by molar-refractivity contribution is 0.184. The summed E-state index contributed by atoms with van der Waals surface area (Å²) < 4.78 is 27.9. The third kappa shape index (κ3) is 4.15. The molecule has 3 rings (SSSR count). The Morgan fingerprint density at radius 1 is 1.12 bits per heavy atom. The molecule has 1 aromatic heterocycles. The van der Waals surface area contributed by atoms with E-state index < -0.39 is 16.1 Å². The molecule has 0 saturated heterocycles. The van der Waals surface area contributed by atoms with Crippen LogP contribution in [0.5, 0.6) is 0 Å². The van der Waals surface area contributed by atoms with E-state index in [-0.39, 0.29) is 12.3 Å². The van der Waals surface area contributed by atoms with Gasteiger partial charge >= 0.3 is 0 Å². The monoisotopic (exact) mass is 381 g/mol. The molecule has 0 radical (unpaired) electrons. The number of nitrogens with one attached hydrogen (secondary N) is 1. The SMILES string of the molecule is O=S(=O)(Cc1ccc(Cl)cc1)NCC(O)c1csc2ccccc12. The first kappa shape index (κ1) is 17.4. The molecule has 1 unspecified atom stereocenters. The van der Waals surface area contributed by atoms with E-state index in [1.165, 1.54) is 11.3 Å². The zero-order valence-electron chi connectivity index (χ0n) is 12.6. The van der Waals surface area contributed by atoms with Gasteiger partial charge in [0.05, 0.1) is 11.9 Å². The summed E-state index contributed by atoms with van der Waals surface area (Å²) in [6.45, 7) is -0.0589. The number of fused-ring (bicyclic) bond motifs is 1. The van der Waals surface area contributed by atoms with E-state index in [2.05, 4.69) is 4.72 Å². The highest BCUT2D eigenvalue weighted by atomic mass is 35.5. The molecule has 0 bridgehead atoms. The third-order valence-electron chi connectivity index (χ3n) is 3.64. The van der Waals surface area contributed by atoms with Crippen molar-refractivity contribution in [2.75, 3.05) is 6.54 Å². The fourth-order valence-electron chi connectivity index (χ4n) is 2.42. The summed E-state index contributed by atoms with van der Waals surface area (Å²) in [7, 11) is -3.54. The van der Waals surface area contributed by atoms with Crippen LogP contribution in [0.3, 0.4) is 0 Å². The molecule has 0 aliphatic rings. The quantitative estimate of drug-likeness (QED) is 0.684. The van der Waals surface area contributed by atoms with E-state index >= 15 is 0 Å². The van der Waals surface area contributed by atoms with Gasteiger partial charge in [-0.3, -0.25) is 0 Å². The van der Waals surface area contributed by atoms with E-state index in [1.807, 2.05) is 29.6 Å². The zero-order valence-corrected chi connectivity index (χ0v) is 15.0. The maximum atomic E-state index is 12.2. The van der Waals surface area contributed by atoms with E-state index in [0.29, 0.717) is 10.6 Å². The van der Waals surface area contributed by atoms with Crippen LogP contribution in [0.1, 0.15) is 17.2 Å². The highest BCUT2D eigenvalue weighted by Gasteiger charge is 2.17. The summed E-state index contributed by atoms with van der Waals surface area (Å²) in [4.78, 5) is 0. The average Bonchev–Trinajstić information content (AvgIpc) is 2.99. The molecule has 0 aliphatic carbocycles. The molecule has 0 spiro atoms. The van der Waals surface area contributed by atoms with Crippen molar-refractivity contribution in [3.63, 3.8) is 0 Å². The van der Waals surface area contributed by atoms with Crippen molar-refractivity contribution < 1.29 is 13.5 Å². The van der Waals surface area contributed by atoms with Gasteiger partial charge in [-0.15, -0.1) is 11.3 Å². The van der Waals surface area contributed by atoms with Crippen molar-refractivity contribution in [1.29, 1.82) is 0 Å². The molecule has 1 atom stereocenters. The Labute approximate surface area is 149 Å². The molecule has 4 nitrogen and oxygen atoms in total. The van der Waals surface area contributed by atoms with Gasteiger partial charge in [0, 0.05) is 21.8 Å². The number of thiophene rings is 1. The Bertz CT molecular complexity index is 936. The van der Waals surface area contributed by atoms with Crippen LogP contribution in [0.25, 0.3) is 10.1 Å². The first-order valence-electron chi connectivity index (χ1n) is 7.30. The van der Waals surface area contributed by atoms with Crippen molar-refractivity contribution in [3.8, 4) is 0 Å². The van der Waals surface area contributed by atoms with Crippen LogP contribution in [0, 0.1) is 0 Å². The highest BCUT2D eigenvalue weighted by molar-refractivity contribution is 7.88. The second-order valence-corrected chi connectivity index (χ2v) is 8.59. The van der Waals surface area contributed by atoms with Crippen LogP contribution in [-0.4, -0.2) is 20.1 Å². The number of halogens is 1. The van der Waals surface area contributed by atoms with Gasteiger partial charge in [0.2, 0.25) is 10.0 Å². The van der Waals surface area contributed by atoms with Crippen LogP contribution in [0.4, 0.5) is 0 Å². The Morgan fingerprint density at radius 2 is 1.83 bits per heavy atom. The third-order valence-corrected chi connectivity index (χ3v) is 6.19. The highest BCUT2D eigenvalue weighted by Crippen LogP contribution is 2.30. The van der Waals surface area contributed by atoms with Crippen molar-refractivity contribution in [3.05, 3.63) is 70.1 Å². The number of rotatable bonds is 6. The predicted molar refractivity (Wildman–Crippen MR) is 98.9 cm³/mol. The van der Waals surface area contributed by atoms with Gasteiger partial charge in [0.1, 0.15) is 0 Å². The summed E-state index contributed by atoms with van der Waals surface area (Å²) in [5, 5.41) is 13.7. The lowest BCUT2D eigenvalue weighted by atomic mass is 10.1. The summed E-state index contributed by atoms with van der Waals surface area (Å²) in [6.07, 6.45) is -0.888. The summed E-state index contributed by atoms with van der Waals surface area (Å²) in [5.41, 5.74) is 1.38. The van der Waals surface area contributed by atoms with Crippen LogP contribution in [0.15, 0.2) is 53.9 Å². The van der Waals surface area contributed by atoms with Crippen molar-refractivity contribution in [1.82, 2.24) is 4.72 Å². The molecule has 0 aliphatic heterocycles. The molecule has 7 heteroatoms. The Balaban J connectivity index is 1.66. The number of hydrogen-bond donors (Lipinski definition) is 2. The molecular weight excluding hydrogens is 366 g/mol. The fraction of sp³-hybridized carbons (Fsp3) is 0.176. The van der Waals surface area contributed by atoms with Crippen molar-refractivity contribution in [2.45, 2.75) is 11.9 Å². The lowest BCUT2D eigenvalue weighted by Gasteiger charge is -2.12. The Kier molecular flexibility index (Phi) is 5.22. The van der Waals surface area contributed by atoms with Gasteiger partial charge in [0.15, 0.2) is 0 Å². The standard InChI is InChI=1S/C17H16ClNO3S2/c18-13-7-5-12(6-8-13)11-24(21,22)19-9-16(20)15-10-23-17-4-2-1-3-14(15)17/h1-8,10,16,19-20H,9,11H2. The minimum atomic E-state index is -3.54. The molecule has 2 aromatic carbocycles. The van der Waals surface area contributed by atoms with Gasteiger partial charge in [-0.25, -0.2) is 13.1 Å².